The van der Waals surface area contributed by atoms with Gasteiger partial charge in [-0.3, -0.25) is 0 Å². The molecule has 1 aromatic heterocycles. The fraction of sp³-hybridized carbons (Fsp3) is 0. The molecule has 0 unspecified atom stereocenters. The van der Waals surface area contributed by atoms with Gasteiger partial charge in [-0.25, -0.2) is 0 Å². The SMILES string of the molecule is c1ccc(-c2ccc(-c3ccc(N(c4ccc(-c5cccc6ccccc56)cc4)c4ccc5c(c4)oc4ccccc45)cc3)cc2)cc1. The Kier molecular flexibility index (Phi) is 6.84. The maximum Gasteiger partial charge on any atom is 0.137 e. The van der Waals surface area contributed by atoms with Crippen molar-refractivity contribution < 1.29 is 4.42 Å². The molecule has 0 saturated heterocycles. The van der Waals surface area contributed by atoms with E-state index in [-0.39, 0.29) is 0 Å². The molecule has 0 amide bonds. The Morgan fingerprint density at radius 2 is 0.812 bits per heavy atom. The monoisotopic (exact) mass is 613 g/mol. The summed E-state index contributed by atoms with van der Waals surface area (Å²) in [6.07, 6.45) is 0. The van der Waals surface area contributed by atoms with Gasteiger partial charge in [-0.1, -0.05) is 140 Å². The highest BCUT2D eigenvalue weighted by molar-refractivity contribution is 6.06. The molecular weight excluding hydrogens is 583 g/mol. The lowest BCUT2D eigenvalue weighted by Gasteiger charge is -2.26. The molecule has 8 aromatic carbocycles. The fourth-order valence-electron chi connectivity index (χ4n) is 6.86. The highest BCUT2D eigenvalue weighted by atomic mass is 16.3. The largest absolute Gasteiger partial charge is 0.456 e. The van der Waals surface area contributed by atoms with Crippen molar-refractivity contribution in [2.75, 3.05) is 4.90 Å². The van der Waals surface area contributed by atoms with Crippen LogP contribution in [0.3, 0.4) is 0 Å². The molecule has 0 radical (unpaired) electrons. The first-order chi connectivity index (χ1) is 23.8. The Morgan fingerprint density at radius 3 is 1.52 bits per heavy atom. The first-order valence-electron chi connectivity index (χ1n) is 16.3. The van der Waals surface area contributed by atoms with Gasteiger partial charge in [0.1, 0.15) is 11.2 Å². The average Bonchev–Trinajstić information content (AvgIpc) is 3.54. The van der Waals surface area contributed by atoms with Gasteiger partial charge < -0.3 is 9.32 Å². The third kappa shape index (κ3) is 5.01. The van der Waals surface area contributed by atoms with Crippen LogP contribution in [0.2, 0.25) is 0 Å². The van der Waals surface area contributed by atoms with Crippen molar-refractivity contribution in [2.24, 2.45) is 0 Å². The molecule has 9 aromatic rings. The summed E-state index contributed by atoms with van der Waals surface area (Å²) in [6.45, 7) is 0. The minimum atomic E-state index is 0.876. The van der Waals surface area contributed by atoms with E-state index in [1.165, 1.54) is 44.2 Å². The summed E-state index contributed by atoms with van der Waals surface area (Å²) in [6, 6.07) is 66.9. The van der Waals surface area contributed by atoms with Crippen molar-refractivity contribution in [3.05, 3.63) is 188 Å². The van der Waals surface area contributed by atoms with Gasteiger partial charge in [-0.15, -0.1) is 0 Å². The lowest BCUT2D eigenvalue weighted by molar-refractivity contribution is 0.669. The van der Waals surface area contributed by atoms with Crippen molar-refractivity contribution in [2.45, 2.75) is 0 Å². The van der Waals surface area contributed by atoms with Crippen LogP contribution in [-0.2, 0) is 0 Å². The van der Waals surface area contributed by atoms with Crippen LogP contribution in [0.25, 0.3) is 66.1 Å². The van der Waals surface area contributed by atoms with E-state index in [0.717, 1.165) is 39.0 Å². The molecule has 0 saturated carbocycles. The number of benzene rings is 8. The Hall–Kier alpha value is -6.38. The molecule has 226 valence electrons. The van der Waals surface area contributed by atoms with Gasteiger partial charge in [0.25, 0.3) is 0 Å². The molecule has 2 heteroatoms. The summed E-state index contributed by atoms with van der Waals surface area (Å²) in [5.41, 5.74) is 12.2. The van der Waals surface area contributed by atoms with E-state index < -0.39 is 0 Å². The zero-order valence-electron chi connectivity index (χ0n) is 26.3. The zero-order chi connectivity index (χ0) is 31.9. The minimum Gasteiger partial charge on any atom is -0.456 e. The number of hydrogen-bond acceptors (Lipinski definition) is 2. The number of nitrogens with zero attached hydrogens (tertiary/aromatic N) is 1. The summed E-state index contributed by atoms with van der Waals surface area (Å²) in [7, 11) is 0. The molecule has 0 aliphatic rings. The number of hydrogen-bond donors (Lipinski definition) is 0. The Balaban J connectivity index is 1.11. The highest BCUT2D eigenvalue weighted by Crippen LogP contribution is 2.40. The van der Waals surface area contributed by atoms with Crippen LogP contribution in [0, 0.1) is 0 Å². The van der Waals surface area contributed by atoms with Crippen molar-refractivity contribution in [3.63, 3.8) is 0 Å². The van der Waals surface area contributed by atoms with Crippen LogP contribution in [0.5, 0.6) is 0 Å². The molecule has 1 heterocycles. The van der Waals surface area contributed by atoms with Crippen molar-refractivity contribution in [1.29, 1.82) is 0 Å². The molecule has 0 bridgehead atoms. The van der Waals surface area contributed by atoms with Crippen molar-refractivity contribution in [3.8, 4) is 33.4 Å². The van der Waals surface area contributed by atoms with Crippen molar-refractivity contribution in [1.82, 2.24) is 0 Å². The number of rotatable bonds is 6. The standard InChI is InChI=1S/C46H31NO/c1-2-9-32(10-3-1)33-17-19-34(20-18-33)35-21-25-38(26-22-35)47(40-29-30-44-43-14-6-7-16-45(43)48-46(44)31-40)39-27-23-37(24-28-39)42-15-8-12-36-11-4-5-13-41(36)42/h1-31H. The van der Waals surface area contributed by atoms with E-state index >= 15 is 0 Å². The number of anilines is 3. The quantitative estimate of drug-likeness (QED) is 0.185. The van der Waals surface area contributed by atoms with Gasteiger partial charge in [-0.05, 0) is 86.6 Å². The lowest BCUT2D eigenvalue weighted by atomic mass is 9.98. The molecular formula is C46H31NO. The summed E-state index contributed by atoms with van der Waals surface area (Å²) in [5, 5.41) is 4.75. The fourth-order valence-corrected chi connectivity index (χ4v) is 6.86. The van der Waals surface area contributed by atoms with Gasteiger partial charge in [0, 0.05) is 33.9 Å². The molecule has 0 spiro atoms. The molecule has 0 aliphatic heterocycles. The number of para-hydroxylation sites is 1. The van der Waals surface area contributed by atoms with Crippen LogP contribution in [-0.4, -0.2) is 0 Å². The Morgan fingerprint density at radius 1 is 0.312 bits per heavy atom. The van der Waals surface area contributed by atoms with E-state index in [2.05, 4.69) is 181 Å². The van der Waals surface area contributed by atoms with Crippen LogP contribution in [0.1, 0.15) is 0 Å². The van der Waals surface area contributed by atoms with E-state index in [0.29, 0.717) is 0 Å². The van der Waals surface area contributed by atoms with Crippen molar-refractivity contribution >= 4 is 49.8 Å². The molecule has 0 N–H and O–H groups in total. The topological polar surface area (TPSA) is 16.4 Å². The second kappa shape index (κ2) is 11.8. The summed E-state index contributed by atoms with van der Waals surface area (Å²) in [5.74, 6) is 0. The summed E-state index contributed by atoms with van der Waals surface area (Å²) < 4.78 is 6.32. The first-order valence-corrected chi connectivity index (χ1v) is 16.3. The van der Waals surface area contributed by atoms with Gasteiger partial charge >= 0.3 is 0 Å². The number of fused-ring (bicyclic) bond motifs is 4. The molecule has 0 fully saturated rings. The molecule has 9 rings (SSSR count). The molecule has 48 heavy (non-hydrogen) atoms. The van der Waals surface area contributed by atoms with E-state index in [1.807, 2.05) is 12.1 Å². The minimum absolute atomic E-state index is 0.876. The number of furan rings is 1. The van der Waals surface area contributed by atoms with Crippen LogP contribution in [0.15, 0.2) is 192 Å². The van der Waals surface area contributed by atoms with E-state index in [1.54, 1.807) is 0 Å². The molecule has 2 nitrogen and oxygen atoms in total. The molecule has 0 aliphatic carbocycles. The lowest BCUT2D eigenvalue weighted by Crippen LogP contribution is -2.09. The predicted molar refractivity (Wildman–Crippen MR) is 202 cm³/mol. The average molecular weight is 614 g/mol. The Labute approximate surface area is 279 Å². The predicted octanol–water partition coefficient (Wildman–Crippen LogP) is 13.2. The van der Waals surface area contributed by atoms with Gasteiger partial charge in [0.2, 0.25) is 0 Å². The van der Waals surface area contributed by atoms with Crippen LogP contribution < -0.4 is 4.90 Å². The smallest absolute Gasteiger partial charge is 0.137 e. The second-order valence-corrected chi connectivity index (χ2v) is 12.2. The third-order valence-corrected chi connectivity index (χ3v) is 9.30. The highest BCUT2D eigenvalue weighted by Gasteiger charge is 2.16. The van der Waals surface area contributed by atoms with Gasteiger partial charge in [0.05, 0.1) is 0 Å². The summed E-state index contributed by atoms with van der Waals surface area (Å²) >= 11 is 0. The normalized spacial score (nSPS) is 11.3. The van der Waals surface area contributed by atoms with Gasteiger partial charge in [-0.2, -0.15) is 0 Å². The summed E-state index contributed by atoms with van der Waals surface area (Å²) in [4.78, 5) is 2.31. The Bertz CT molecular complexity index is 2520. The zero-order valence-corrected chi connectivity index (χ0v) is 26.3. The third-order valence-electron chi connectivity index (χ3n) is 9.30. The maximum atomic E-state index is 6.32. The first kappa shape index (κ1) is 27.9. The van der Waals surface area contributed by atoms with E-state index in [4.69, 9.17) is 4.42 Å². The maximum absolute atomic E-state index is 6.32. The van der Waals surface area contributed by atoms with Crippen LogP contribution >= 0.6 is 0 Å². The van der Waals surface area contributed by atoms with Crippen LogP contribution in [0.4, 0.5) is 17.1 Å². The second-order valence-electron chi connectivity index (χ2n) is 12.2. The van der Waals surface area contributed by atoms with E-state index in [9.17, 15) is 0 Å². The molecule has 0 atom stereocenters. The van der Waals surface area contributed by atoms with Gasteiger partial charge in [0.15, 0.2) is 0 Å².